The van der Waals surface area contributed by atoms with Crippen LogP contribution < -0.4 is 4.74 Å². The molecule has 1 aromatic rings. The second kappa shape index (κ2) is 5.91. The minimum atomic E-state index is -3.67. The van der Waals surface area contributed by atoms with Crippen molar-refractivity contribution in [3.8, 4) is 5.75 Å². The van der Waals surface area contributed by atoms with E-state index in [0.29, 0.717) is 21.9 Å². The summed E-state index contributed by atoms with van der Waals surface area (Å²) in [5, 5.41) is 0.449. The fraction of sp³-hybridized carbons (Fsp3) is 0.400. The lowest BCUT2D eigenvalue weighted by molar-refractivity contribution is 0.184. The lowest BCUT2D eigenvalue weighted by Crippen LogP contribution is -2.04. The second-order valence-electron chi connectivity index (χ2n) is 3.36. The molecule has 96 valence electrons. The minimum Gasteiger partial charge on any atom is -0.496 e. The molecule has 0 aromatic heterocycles. The van der Waals surface area contributed by atoms with Crippen LogP contribution in [-0.2, 0) is 26.1 Å². The van der Waals surface area contributed by atoms with E-state index in [1.807, 2.05) is 0 Å². The quantitative estimate of drug-likeness (QED) is 0.784. The second-order valence-corrected chi connectivity index (χ2v) is 6.58. The van der Waals surface area contributed by atoms with E-state index in [4.69, 9.17) is 31.8 Å². The average molecular weight is 299 g/mol. The molecule has 0 atom stereocenters. The van der Waals surface area contributed by atoms with Crippen LogP contribution in [0, 0.1) is 0 Å². The molecule has 0 amide bonds. The third kappa shape index (κ3) is 4.35. The highest BCUT2D eigenvalue weighted by Crippen LogP contribution is 2.30. The molecule has 7 heteroatoms. The van der Waals surface area contributed by atoms with E-state index in [0.717, 1.165) is 0 Å². The molecule has 0 unspecified atom stereocenters. The van der Waals surface area contributed by atoms with E-state index >= 15 is 0 Å². The summed E-state index contributed by atoms with van der Waals surface area (Å²) in [5.74, 6) is 0.0573. The van der Waals surface area contributed by atoms with Gasteiger partial charge in [-0.25, -0.2) is 8.42 Å². The molecule has 1 rings (SSSR count). The molecule has 0 saturated heterocycles. The van der Waals surface area contributed by atoms with Crippen molar-refractivity contribution in [1.82, 2.24) is 0 Å². The predicted molar refractivity (Wildman–Crippen MR) is 67.2 cm³/mol. The van der Waals surface area contributed by atoms with Gasteiger partial charge in [0.1, 0.15) is 5.75 Å². The Labute approximate surface area is 110 Å². The number of ether oxygens (including phenoxy) is 2. The number of benzene rings is 1. The summed E-state index contributed by atoms with van der Waals surface area (Å²) in [6.45, 7) is 0.235. The van der Waals surface area contributed by atoms with Crippen molar-refractivity contribution in [2.24, 2.45) is 0 Å². The summed E-state index contributed by atoms with van der Waals surface area (Å²) in [4.78, 5) is 0. The minimum absolute atomic E-state index is 0.235. The van der Waals surface area contributed by atoms with Crippen LogP contribution in [0.5, 0.6) is 5.75 Å². The van der Waals surface area contributed by atoms with Gasteiger partial charge in [-0.15, -0.1) is 0 Å². The number of hydrogen-bond acceptors (Lipinski definition) is 4. The van der Waals surface area contributed by atoms with Crippen LogP contribution in [0.4, 0.5) is 0 Å². The molecule has 0 heterocycles. The maximum atomic E-state index is 11.1. The van der Waals surface area contributed by atoms with Gasteiger partial charge in [0.15, 0.2) is 0 Å². The Kier molecular flexibility index (Phi) is 5.06. The van der Waals surface area contributed by atoms with Crippen molar-refractivity contribution in [3.05, 3.63) is 28.3 Å². The summed E-state index contributed by atoms with van der Waals surface area (Å²) >= 11 is 5.89. The maximum Gasteiger partial charge on any atom is 0.236 e. The molecular formula is C10H12Cl2O4S. The first-order valence-corrected chi connectivity index (χ1v) is 7.49. The van der Waals surface area contributed by atoms with Gasteiger partial charge >= 0.3 is 0 Å². The van der Waals surface area contributed by atoms with Gasteiger partial charge in [0.05, 0.1) is 19.5 Å². The molecule has 0 spiro atoms. The standard InChI is InChI=1S/C10H12Cl2O4S/c1-15-5-7-3-8(11)4-10(16-2)9(7)6-17(12,13)14/h3-4H,5-6H2,1-2H3. The zero-order chi connectivity index (χ0) is 13.1. The third-order valence-electron chi connectivity index (χ3n) is 2.10. The first-order valence-electron chi connectivity index (χ1n) is 4.64. The number of halogens is 2. The molecule has 0 saturated carbocycles. The lowest BCUT2D eigenvalue weighted by atomic mass is 10.1. The predicted octanol–water partition coefficient (Wildman–Crippen LogP) is 2.56. The fourth-order valence-corrected chi connectivity index (χ4v) is 2.70. The van der Waals surface area contributed by atoms with Crippen LogP contribution in [-0.4, -0.2) is 22.6 Å². The molecular weight excluding hydrogens is 287 g/mol. The van der Waals surface area contributed by atoms with Crippen molar-refractivity contribution in [3.63, 3.8) is 0 Å². The summed E-state index contributed by atoms with van der Waals surface area (Å²) in [6.07, 6.45) is 0. The molecule has 0 fully saturated rings. The number of rotatable bonds is 5. The van der Waals surface area contributed by atoms with Gasteiger partial charge in [0.2, 0.25) is 9.05 Å². The Morgan fingerprint density at radius 3 is 2.41 bits per heavy atom. The summed E-state index contributed by atoms with van der Waals surface area (Å²) in [7, 11) is 4.52. The third-order valence-corrected chi connectivity index (χ3v) is 3.28. The Morgan fingerprint density at radius 1 is 1.29 bits per heavy atom. The molecule has 0 bridgehead atoms. The normalized spacial score (nSPS) is 11.5. The average Bonchev–Trinajstić information content (AvgIpc) is 2.20. The van der Waals surface area contributed by atoms with E-state index in [1.165, 1.54) is 20.3 Å². The van der Waals surface area contributed by atoms with Crippen LogP contribution in [0.1, 0.15) is 11.1 Å². The number of methoxy groups -OCH3 is 2. The molecule has 0 N–H and O–H groups in total. The SMILES string of the molecule is COCc1cc(Cl)cc(OC)c1CS(=O)(=O)Cl. The van der Waals surface area contributed by atoms with Crippen LogP contribution in [0.3, 0.4) is 0 Å². The zero-order valence-corrected chi connectivity index (χ0v) is 11.7. The Bertz CT molecular complexity index is 499. The first kappa shape index (κ1) is 14.6. The largest absolute Gasteiger partial charge is 0.496 e. The highest BCUT2D eigenvalue weighted by Gasteiger charge is 2.17. The van der Waals surface area contributed by atoms with Crippen molar-refractivity contribution < 1.29 is 17.9 Å². The van der Waals surface area contributed by atoms with Crippen molar-refractivity contribution in [2.75, 3.05) is 14.2 Å². The van der Waals surface area contributed by atoms with Crippen molar-refractivity contribution in [1.29, 1.82) is 0 Å². The van der Waals surface area contributed by atoms with Crippen LogP contribution in [0.15, 0.2) is 12.1 Å². The van der Waals surface area contributed by atoms with Gasteiger partial charge in [-0.3, -0.25) is 0 Å². The number of hydrogen-bond donors (Lipinski definition) is 0. The van der Waals surface area contributed by atoms with E-state index in [2.05, 4.69) is 0 Å². The van der Waals surface area contributed by atoms with E-state index in [9.17, 15) is 8.42 Å². The zero-order valence-electron chi connectivity index (χ0n) is 9.37. The molecule has 0 aliphatic carbocycles. The Hall–Kier alpha value is -0.490. The van der Waals surface area contributed by atoms with Gasteiger partial charge in [-0.1, -0.05) is 11.6 Å². The molecule has 0 radical (unpaired) electrons. The molecule has 0 aliphatic rings. The summed E-state index contributed by atoms with van der Waals surface area (Å²) in [6, 6.07) is 3.17. The fourth-order valence-electron chi connectivity index (χ4n) is 1.47. The summed E-state index contributed by atoms with van der Waals surface area (Å²) < 4.78 is 32.4. The Balaban J connectivity index is 3.31. The van der Waals surface area contributed by atoms with Crippen LogP contribution >= 0.6 is 22.3 Å². The first-order chi connectivity index (χ1) is 7.87. The monoisotopic (exact) mass is 298 g/mol. The molecule has 0 aliphatic heterocycles. The maximum absolute atomic E-state index is 11.1. The van der Waals surface area contributed by atoms with Crippen molar-refractivity contribution >= 4 is 31.3 Å². The lowest BCUT2D eigenvalue weighted by Gasteiger charge is -2.13. The van der Waals surface area contributed by atoms with Gasteiger partial charge < -0.3 is 9.47 Å². The van der Waals surface area contributed by atoms with E-state index in [-0.39, 0.29) is 12.4 Å². The Morgan fingerprint density at radius 2 is 1.94 bits per heavy atom. The highest BCUT2D eigenvalue weighted by atomic mass is 35.7. The topological polar surface area (TPSA) is 52.6 Å². The van der Waals surface area contributed by atoms with Crippen LogP contribution in [0.25, 0.3) is 0 Å². The van der Waals surface area contributed by atoms with Gasteiger partial charge in [-0.2, -0.15) is 0 Å². The highest BCUT2D eigenvalue weighted by molar-refractivity contribution is 8.13. The molecule has 4 nitrogen and oxygen atoms in total. The summed E-state index contributed by atoms with van der Waals surface area (Å²) in [5.41, 5.74) is 1.11. The van der Waals surface area contributed by atoms with E-state index in [1.54, 1.807) is 6.07 Å². The smallest absolute Gasteiger partial charge is 0.236 e. The van der Waals surface area contributed by atoms with Crippen molar-refractivity contribution in [2.45, 2.75) is 12.4 Å². The molecule has 17 heavy (non-hydrogen) atoms. The van der Waals surface area contributed by atoms with Gasteiger partial charge in [0.25, 0.3) is 0 Å². The van der Waals surface area contributed by atoms with E-state index < -0.39 is 9.05 Å². The van der Waals surface area contributed by atoms with Gasteiger partial charge in [0, 0.05) is 28.4 Å². The van der Waals surface area contributed by atoms with Gasteiger partial charge in [-0.05, 0) is 17.7 Å². The molecule has 1 aromatic carbocycles. The van der Waals surface area contributed by atoms with Crippen LogP contribution in [0.2, 0.25) is 5.02 Å².